The molecular weight excluding hydrogens is 420 g/mol. The van der Waals surface area contributed by atoms with Gasteiger partial charge in [0, 0.05) is 11.1 Å². The predicted octanol–water partition coefficient (Wildman–Crippen LogP) is 5.28. The van der Waals surface area contributed by atoms with E-state index in [1.807, 2.05) is 6.07 Å². The number of carbonyl (C=O) groups excluding carboxylic acids is 1. The number of carbonyl (C=O) groups is 1. The van der Waals surface area contributed by atoms with Crippen LogP contribution in [0, 0.1) is 0 Å². The average Bonchev–Trinajstić information content (AvgIpc) is 2.97. The topological polar surface area (TPSA) is 51.2 Å². The molecule has 1 aromatic carbocycles. The number of hydrogen-bond donors (Lipinski definition) is 0. The Morgan fingerprint density at radius 3 is 2.24 bits per heavy atom. The molecule has 0 spiro atoms. The Labute approximate surface area is 162 Å². The number of unbranched alkanes of at least 4 members (excludes halogenated alkanes) is 1. The van der Waals surface area contributed by atoms with Crippen molar-refractivity contribution in [2.45, 2.75) is 44.3 Å². The van der Waals surface area contributed by atoms with E-state index in [4.69, 9.17) is 0 Å². The Balaban J connectivity index is 1.91. The van der Waals surface area contributed by atoms with Crippen molar-refractivity contribution in [2.75, 3.05) is 6.26 Å². The van der Waals surface area contributed by atoms with Crippen LogP contribution < -0.4 is 0 Å². The molecule has 2 aromatic rings. The second-order valence-electron chi connectivity index (χ2n) is 6.57. The molecule has 0 aliphatic carbocycles. The Bertz CT molecular complexity index is 838. The average molecular weight is 443 g/mol. The van der Waals surface area contributed by atoms with Gasteiger partial charge in [-0.2, -0.15) is 0 Å². The first-order valence-electron chi connectivity index (χ1n) is 8.19. The van der Waals surface area contributed by atoms with Crippen LogP contribution in [0.1, 0.15) is 38.7 Å². The predicted molar refractivity (Wildman–Crippen MR) is 109 cm³/mol. The lowest BCUT2D eigenvalue weighted by Crippen LogP contribution is -2.41. The highest BCUT2D eigenvalue weighted by Crippen LogP contribution is 2.31. The number of Topliss-reactive ketones (excluding diaryl/α,β-unsaturated/α-hetero) is 1. The molecule has 25 heavy (non-hydrogen) atoms. The van der Waals surface area contributed by atoms with Crippen LogP contribution >= 0.6 is 27.3 Å². The summed E-state index contributed by atoms with van der Waals surface area (Å²) in [5, 5.41) is 0. The van der Waals surface area contributed by atoms with E-state index >= 15 is 0 Å². The quantitative estimate of drug-likeness (QED) is 0.522. The van der Waals surface area contributed by atoms with E-state index in [-0.39, 0.29) is 5.78 Å². The molecular formula is C19H23BrO3S2. The fourth-order valence-corrected chi connectivity index (χ4v) is 5.15. The summed E-state index contributed by atoms with van der Waals surface area (Å²) in [5.41, 5.74) is 2.42. The van der Waals surface area contributed by atoms with Gasteiger partial charge in [0.15, 0.2) is 15.6 Å². The van der Waals surface area contributed by atoms with Crippen molar-refractivity contribution in [3.63, 3.8) is 0 Å². The molecule has 1 heterocycles. The molecule has 0 radical (unpaired) electrons. The summed E-state index contributed by atoms with van der Waals surface area (Å²) in [6.07, 6.45) is 3.98. The van der Waals surface area contributed by atoms with Gasteiger partial charge in [-0.3, -0.25) is 4.79 Å². The molecule has 0 amide bonds. The molecule has 0 bridgehead atoms. The van der Waals surface area contributed by atoms with Crippen LogP contribution in [0.5, 0.6) is 0 Å². The van der Waals surface area contributed by atoms with E-state index in [1.54, 1.807) is 18.3 Å². The highest BCUT2D eigenvalue weighted by Gasteiger charge is 2.39. The third-order valence-corrected chi connectivity index (χ3v) is 8.55. The molecule has 1 atom stereocenters. The summed E-state index contributed by atoms with van der Waals surface area (Å²) in [5.74, 6) is -0.276. The third kappa shape index (κ3) is 5.02. The Hall–Kier alpha value is -0.980. The van der Waals surface area contributed by atoms with Gasteiger partial charge >= 0.3 is 0 Å². The summed E-state index contributed by atoms with van der Waals surface area (Å²) in [6.45, 7) is 2.90. The van der Waals surface area contributed by atoms with Gasteiger partial charge in [0.2, 0.25) is 0 Å². The van der Waals surface area contributed by atoms with E-state index in [0.29, 0.717) is 12.8 Å². The van der Waals surface area contributed by atoms with Crippen molar-refractivity contribution in [3.8, 4) is 10.4 Å². The molecule has 1 unspecified atom stereocenters. The molecule has 0 aliphatic rings. The van der Waals surface area contributed by atoms with Crippen LogP contribution in [0.3, 0.4) is 0 Å². The van der Waals surface area contributed by atoms with Crippen LogP contribution in [0.25, 0.3) is 10.4 Å². The molecule has 3 nitrogen and oxygen atoms in total. The Morgan fingerprint density at radius 1 is 1.12 bits per heavy atom. The zero-order valence-electron chi connectivity index (χ0n) is 14.7. The van der Waals surface area contributed by atoms with Gasteiger partial charge in [-0.1, -0.05) is 30.7 Å². The lowest BCUT2D eigenvalue weighted by Gasteiger charge is -2.24. The maximum absolute atomic E-state index is 11.9. The number of sulfone groups is 1. The lowest BCUT2D eigenvalue weighted by molar-refractivity contribution is -0.119. The zero-order valence-corrected chi connectivity index (χ0v) is 17.9. The van der Waals surface area contributed by atoms with Crippen LogP contribution in [0.15, 0.2) is 40.2 Å². The van der Waals surface area contributed by atoms with E-state index in [0.717, 1.165) is 22.9 Å². The fourth-order valence-electron chi connectivity index (χ4n) is 2.72. The van der Waals surface area contributed by atoms with E-state index in [9.17, 15) is 13.2 Å². The summed E-state index contributed by atoms with van der Waals surface area (Å²) in [4.78, 5) is 13.0. The zero-order chi connectivity index (χ0) is 18.7. The second-order valence-corrected chi connectivity index (χ2v) is 11.5. The molecule has 0 fully saturated rings. The number of aryl methyl sites for hydroxylation is 1. The van der Waals surface area contributed by atoms with Crippen molar-refractivity contribution in [1.29, 1.82) is 0 Å². The molecule has 0 aliphatic heterocycles. The number of rotatable bonds is 8. The Kier molecular flexibility index (Phi) is 6.62. The van der Waals surface area contributed by atoms with Crippen LogP contribution in [-0.2, 0) is 21.1 Å². The minimum Gasteiger partial charge on any atom is -0.298 e. The Morgan fingerprint density at radius 2 is 1.76 bits per heavy atom. The molecule has 1 aromatic heterocycles. The van der Waals surface area contributed by atoms with Crippen molar-refractivity contribution < 1.29 is 13.2 Å². The molecule has 0 saturated carbocycles. The number of hydrogen-bond acceptors (Lipinski definition) is 4. The third-order valence-electron chi connectivity index (χ3n) is 4.74. The van der Waals surface area contributed by atoms with Crippen molar-refractivity contribution in [1.82, 2.24) is 0 Å². The fraction of sp³-hybridized carbons (Fsp3) is 0.421. The number of thiophene rings is 1. The van der Waals surface area contributed by atoms with Crippen molar-refractivity contribution in [3.05, 3.63) is 45.7 Å². The highest BCUT2D eigenvalue weighted by atomic mass is 79.9. The summed E-state index contributed by atoms with van der Waals surface area (Å²) >= 11 is 5.18. The minimum absolute atomic E-state index is 0.276. The largest absolute Gasteiger partial charge is 0.298 e. The highest BCUT2D eigenvalue weighted by molar-refractivity contribution is 9.11. The summed E-state index contributed by atoms with van der Waals surface area (Å²) < 4.78 is 23.7. The van der Waals surface area contributed by atoms with Crippen LogP contribution in [0.4, 0.5) is 0 Å². The van der Waals surface area contributed by atoms with Gasteiger partial charge in [0.05, 0.1) is 3.79 Å². The normalized spacial score (nSPS) is 14.2. The molecule has 136 valence electrons. The first-order chi connectivity index (χ1) is 11.6. The number of ketones is 1. The van der Waals surface area contributed by atoms with E-state index in [1.165, 1.54) is 22.9 Å². The van der Waals surface area contributed by atoms with Crippen LogP contribution in [-0.4, -0.2) is 25.2 Å². The number of benzene rings is 1. The second kappa shape index (κ2) is 8.14. The minimum atomic E-state index is -3.40. The molecule has 6 heteroatoms. The standard InChI is InChI=1S/C19H23BrO3S2/c1-14(21)19(2,25(3,22)23)13-5-4-6-15-7-9-16(10-8-15)17-11-12-18(20)24-17/h7-12H,4-6,13H2,1-3H3. The maximum Gasteiger partial charge on any atom is 0.159 e. The van der Waals surface area contributed by atoms with Crippen molar-refractivity contribution >= 4 is 42.9 Å². The summed E-state index contributed by atoms with van der Waals surface area (Å²) in [7, 11) is -3.40. The van der Waals surface area contributed by atoms with Crippen molar-refractivity contribution in [2.24, 2.45) is 0 Å². The van der Waals surface area contributed by atoms with E-state index < -0.39 is 14.6 Å². The lowest BCUT2D eigenvalue weighted by atomic mass is 9.97. The van der Waals surface area contributed by atoms with Gasteiger partial charge < -0.3 is 0 Å². The smallest absolute Gasteiger partial charge is 0.159 e. The monoisotopic (exact) mass is 442 g/mol. The van der Waals surface area contributed by atoms with Gasteiger partial charge in [0.25, 0.3) is 0 Å². The number of halogens is 1. The van der Waals surface area contributed by atoms with E-state index in [2.05, 4.69) is 46.3 Å². The molecule has 2 rings (SSSR count). The van der Waals surface area contributed by atoms with Gasteiger partial charge in [-0.25, -0.2) is 8.42 Å². The first kappa shape index (κ1) is 20.3. The van der Waals surface area contributed by atoms with Gasteiger partial charge in [0.1, 0.15) is 4.75 Å². The molecule has 0 saturated heterocycles. The van der Waals surface area contributed by atoms with Crippen LogP contribution in [0.2, 0.25) is 0 Å². The van der Waals surface area contributed by atoms with Gasteiger partial charge in [-0.05, 0) is 72.3 Å². The molecule has 0 N–H and O–H groups in total. The first-order valence-corrected chi connectivity index (χ1v) is 11.7. The van der Waals surface area contributed by atoms with Gasteiger partial charge in [-0.15, -0.1) is 11.3 Å². The maximum atomic E-state index is 11.9. The SMILES string of the molecule is CC(=O)C(C)(CCCCc1ccc(-c2ccc(Br)s2)cc1)S(C)(=O)=O. The summed E-state index contributed by atoms with van der Waals surface area (Å²) in [6, 6.07) is 12.6.